The van der Waals surface area contributed by atoms with Crippen LogP contribution in [0.3, 0.4) is 0 Å². The third-order valence-electron chi connectivity index (χ3n) is 6.65. The molecule has 5 rings (SSSR count). The van der Waals surface area contributed by atoms with Gasteiger partial charge in [0.15, 0.2) is 0 Å². The SMILES string of the molecule is Cc1cc(C)c(Oc2nc(NC3CCN(Cc4ccc(S(N)(=O)=O)cc4)CC3)nc3ccsc23)c(C)c1. The first-order valence-electron chi connectivity index (χ1n) is 12.3. The first kappa shape index (κ1) is 25.6. The van der Waals surface area contributed by atoms with E-state index in [1.807, 2.05) is 23.6 Å². The van der Waals surface area contributed by atoms with E-state index in [1.54, 1.807) is 23.5 Å². The van der Waals surface area contributed by atoms with Gasteiger partial charge in [0.1, 0.15) is 10.4 Å². The van der Waals surface area contributed by atoms with Crippen molar-refractivity contribution in [2.24, 2.45) is 5.14 Å². The molecule has 1 fully saturated rings. The highest BCUT2D eigenvalue weighted by molar-refractivity contribution is 7.89. The number of aryl methyl sites for hydroxylation is 3. The Labute approximate surface area is 221 Å². The molecule has 0 aliphatic carbocycles. The third kappa shape index (κ3) is 5.93. The average Bonchev–Trinajstić information content (AvgIpc) is 3.31. The van der Waals surface area contributed by atoms with Gasteiger partial charge in [-0.05, 0) is 73.9 Å². The van der Waals surface area contributed by atoms with Gasteiger partial charge in [-0.2, -0.15) is 4.98 Å². The van der Waals surface area contributed by atoms with Crippen LogP contribution in [-0.2, 0) is 16.6 Å². The molecule has 2 aromatic carbocycles. The van der Waals surface area contributed by atoms with Crippen LogP contribution in [0.5, 0.6) is 11.6 Å². The molecule has 1 aliphatic heterocycles. The van der Waals surface area contributed by atoms with E-state index in [9.17, 15) is 8.42 Å². The molecule has 0 spiro atoms. The van der Waals surface area contributed by atoms with E-state index in [2.05, 4.69) is 43.1 Å². The number of piperidine rings is 1. The number of ether oxygens (including phenoxy) is 1. The molecule has 3 heterocycles. The maximum Gasteiger partial charge on any atom is 0.242 e. The van der Waals surface area contributed by atoms with Gasteiger partial charge in [0.05, 0.1) is 10.4 Å². The quantitative estimate of drug-likeness (QED) is 0.336. The maximum atomic E-state index is 11.5. The highest BCUT2D eigenvalue weighted by atomic mass is 32.2. The summed E-state index contributed by atoms with van der Waals surface area (Å²) in [5, 5.41) is 10.7. The van der Waals surface area contributed by atoms with Crippen LogP contribution in [0.4, 0.5) is 5.95 Å². The zero-order valence-corrected chi connectivity index (χ0v) is 22.8. The summed E-state index contributed by atoms with van der Waals surface area (Å²) in [6.45, 7) is 8.81. The molecule has 0 unspecified atom stereocenters. The second-order valence-corrected chi connectivity index (χ2v) is 12.2. The fourth-order valence-corrected chi connectivity index (χ4v) is 6.13. The Morgan fingerprint density at radius 2 is 1.73 bits per heavy atom. The number of primary sulfonamides is 1. The predicted octanol–water partition coefficient (Wildman–Crippen LogP) is 5.13. The van der Waals surface area contributed by atoms with Gasteiger partial charge >= 0.3 is 0 Å². The smallest absolute Gasteiger partial charge is 0.242 e. The molecule has 0 atom stereocenters. The largest absolute Gasteiger partial charge is 0.437 e. The number of aromatic nitrogens is 2. The van der Waals surface area contributed by atoms with Gasteiger partial charge in [0.2, 0.25) is 21.9 Å². The van der Waals surface area contributed by atoms with Crippen molar-refractivity contribution in [1.82, 2.24) is 14.9 Å². The summed E-state index contributed by atoms with van der Waals surface area (Å²) in [4.78, 5) is 12.0. The van der Waals surface area contributed by atoms with Gasteiger partial charge in [0, 0.05) is 25.7 Å². The number of hydrogen-bond acceptors (Lipinski definition) is 8. The van der Waals surface area contributed by atoms with Crippen molar-refractivity contribution < 1.29 is 13.2 Å². The van der Waals surface area contributed by atoms with E-state index in [0.717, 1.165) is 65.1 Å². The molecule has 0 radical (unpaired) electrons. The van der Waals surface area contributed by atoms with Gasteiger partial charge in [-0.3, -0.25) is 4.90 Å². The number of thiophene rings is 1. The Morgan fingerprint density at radius 3 is 2.38 bits per heavy atom. The van der Waals surface area contributed by atoms with E-state index in [-0.39, 0.29) is 10.9 Å². The minimum Gasteiger partial charge on any atom is -0.437 e. The zero-order chi connectivity index (χ0) is 26.2. The monoisotopic (exact) mass is 537 g/mol. The van der Waals surface area contributed by atoms with Crippen LogP contribution in [0, 0.1) is 20.8 Å². The molecule has 4 aromatic rings. The standard InChI is InChI=1S/C27H31N5O3S2/c1-17-14-18(2)24(19(3)15-17)35-26-25-23(10-13-36-25)30-27(31-26)29-21-8-11-32(12-9-21)16-20-4-6-22(7-5-20)37(28,33)34/h4-7,10,13-15,21H,8-9,11-12,16H2,1-3H3,(H2,28,33,34)(H,29,30,31). The number of likely N-dealkylation sites (tertiary alicyclic amines) is 1. The highest BCUT2D eigenvalue weighted by Crippen LogP contribution is 2.35. The van der Waals surface area contributed by atoms with Crippen molar-refractivity contribution in [2.45, 2.75) is 51.1 Å². The number of sulfonamides is 1. The van der Waals surface area contributed by atoms with Crippen LogP contribution >= 0.6 is 11.3 Å². The van der Waals surface area contributed by atoms with E-state index in [0.29, 0.717) is 11.8 Å². The van der Waals surface area contributed by atoms with Crippen LogP contribution in [-0.4, -0.2) is 42.4 Å². The molecule has 0 saturated carbocycles. The lowest BCUT2D eigenvalue weighted by Gasteiger charge is -2.32. The van der Waals surface area contributed by atoms with Crippen molar-refractivity contribution in [1.29, 1.82) is 0 Å². The summed E-state index contributed by atoms with van der Waals surface area (Å²) >= 11 is 1.58. The minimum absolute atomic E-state index is 0.137. The average molecular weight is 538 g/mol. The Hall–Kier alpha value is -3.05. The molecule has 2 aromatic heterocycles. The summed E-state index contributed by atoms with van der Waals surface area (Å²) in [6, 6.07) is 13.3. The van der Waals surface area contributed by atoms with Crippen LogP contribution < -0.4 is 15.2 Å². The van der Waals surface area contributed by atoms with Crippen molar-refractivity contribution in [2.75, 3.05) is 18.4 Å². The molecule has 0 amide bonds. The summed E-state index contributed by atoms with van der Waals surface area (Å²) in [5.41, 5.74) is 5.32. The van der Waals surface area contributed by atoms with Gasteiger partial charge in [0.25, 0.3) is 0 Å². The maximum absolute atomic E-state index is 11.5. The molecule has 8 nitrogen and oxygen atoms in total. The summed E-state index contributed by atoms with van der Waals surface area (Å²) in [7, 11) is -3.67. The second kappa shape index (κ2) is 10.4. The summed E-state index contributed by atoms with van der Waals surface area (Å²) in [5.74, 6) is 2.01. The molecule has 3 N–H and O–H groups in total. The highest BCUT2D eigenvalue weighted by Gasteiger charge is 2.22. The Morgan fingerprint density at radius 1 is 1.05 bits per heavy atom. The van der Waals surface area contributed by atoms with Gasteiger partial charge < -0.3 is 10.1 Å². The molecule has 10 heteroatoms. The normalized spacial score (nSPS) is 15.2. The van der Waals surface area contributed by atoms with Crippen molar-refractivity contribution in [3.8, 4) is 11.6 Å². The first-order chi connectivity index (χ1) is 17.7. The van der Waals surface area contributed by atoms with Crippen LogP contribution in [0.1, 0.15) is 35.1 Å². The number of rotatable bonds is 7. The number of anilines is 1. The molecule has 1 saturated heterocycles. The molecular weight excluding hydrogens is 506 g/mol. The van der Waals surface area contributed by atoms with Crippen molar-refractivity contribution in [3.63, 3.8) is 0 Å². The van der Waals surface area contributed by atoms with E-state index >= 15 is 0 Å². The zero-order valence-electron chi connectivity index (χ0n) is 21.2. The topological polar surface area (TPSA) is 110 Å². The second-order valence-electron chi connectivity index (χ2n) is 9.70. The van der Waals surface area contributed by atoms with Crippen LogP contribution in [0.25, 0.3) is 10.2 Å². The molecular formula is C27H31N5O3S2. The van der Waals surface area contributed by atoms with E-state index < -0.39 is 10.0 Å². The molecule has 0 bridgehead atoms. The van der Waals surface area contributed by atoms with Crippen molar-refractivity contribution >= 4 is 37.5 Å². The van der Waals surface area contributed by atoms with Crippen LogP contribution in [0.2, 0.25) is 0 Å². The lowest BCUT2D eigenvalue weighted by atomic mass is 10.0. The number of nitrogens with zero attached hydrogens (tertiary/aromatic N) is 3. The van der Waals surface area contributed by atoms with Crippen LogP contribution in [0.15, 0.2) is 52.7 Å². The van der Waals surface area contributed by atoms with Gasteiger partial charge in [-0.15, -0.1) is 11.3 Å². The summed E-state index contributed by atoms with van der Waals surface area (Å²) in [6.07, 6.45) is 1.90. The number of hydrogen-bond donors (Lipinski definition) is 2. The number of benzene rings is 2. The van der Waals surface area contributed by atoms with Gasteiger partial charge in [-0.1, -0.05) is 29.8 Å². The Kier molecular flexibility index (Phi) is 7.17. The molecule has 1 aliphatic rings. The Bertz CT molecular complexity index is 1500. The first-order valence-corrected chi connectivity index (χ1v) is 14.7. The number of fused-ring (bicyclic) bond motifs is 1. The molecule has 194 valence electrons. The fraction of sp³-hybridized carbons (Fsp3) is 0.333. The number of nitrogens with one attached hydrogen (secondary N) is 1. The van der Waals surface area contributed by atoms with Gasteiger partial charge in [-0.25, -0.2) is 18.5 Å². The third-order valence-corrected chi connectivity index (χ3v) is 8.48. The lowest BCUT2D eigenvalue weighted by molar-refractivity contribution is 0.211. The Balaban J connectivity index is 1.25. The fourth-order valence-electron chi connectivity index (χ4n) is 4.86. The molecule has 37 heavy (non-hydrogen) atoms. The van der Waals surface area contributed by atoms with E-state index in [4.69, 9.17) is 19.8 Å². The van der Waals surface area contributed by atoms with E-state index in [1.165, 1.54) is 5.56 Å². The summed E-state index contributed by atoms with van der Waals surface area (Å²) < 4.78 is 30.3. The van der Waals surface area contributed by atoms with Crippen molar-refractivity contribution in [3.05, 3.63) is 70.1 Å². The lowest BCUT2D eigenvalue weighted by Crippen LogP contribution is -2.39. The number of nitrogens with two attached hydrogens (primary N) is 1. The predicted molar refractivity (Wildman–Crippen MR) is 148 cm³/mol. The minimum atomic E-state index is -3.67.